The molecule has 2 aromatic heterocycles. The highest BCUT2D eigenvalue weighted by Gasteiger charge is 2.08. The lowest BCUT2D eigenvalue weighted by molar-refractivity contribution is 0.0697. The van der Waals surface area contributed by atoms with Gasteiger partial charge in [0.1, 0.15) is 0 Å². The maximum Gasteiger partial charge on any atom is 0.336 e. The lowest BCUT2D eigenvalue weighted by Crippen LogP contribution is -1.91. The van der Waals surface area contributed by atoms with Gasteiger partial charge in [-0.1, -0.05) is 0 Å². The Hall–Kier alpha value is -1.88. The van der Waals surface area contributed by atoms with Crippen LogP contribution in [0.15, 0.2) is 29.8 Å². The minimum Gasteiger partial charge on any atom is -0.481 e. The van der Waals surface area contributed by atoms with Crippen LogP contribution in [-0.4, -0.2) is 23.2 Å². The number of carboxylic acid groups (broad SMARTS) is 1. The summed E-state index contributed by atoms with van der Waals surface area (Å²) in [5, 5.41) is 10.4. The predicted octanol–water partition coefficient (Wildman–Crippen LogP) is 2.52. The molecule has 0 aliphatic heterocycles. The van der Waals surface area contributed by atoms with E-state index in [4.69, 9.17) is 9.84 Å². The van der Waals surface area contributed by atoms with Crippen molar-refractivity contribution in [2.45, 2.75) is 0 Å². The molecule has 2 rings (SSSR count). The van der Waals surface area contributed by atoms with Gasteiger partial charge in [0, 0.05) is 28.1 Å². The van der Waals surface area contributed by atoms with Gasteiger partial charge >= 0.3 is 5.97 Å². The third-order valence-electron chi connectivity index (χ3n) is 2.08. The van der Waals surface area contributed by atoms with Crippen molar-refractivity contribution in [3.8, 4) is 16.3 Å². The number of methoxy groups -OCH3 is 1. The number of carbonyl (C=O) groups is 1. The lowest BCUT2D eigenvalue weighted by atomic mass is 10.2. The van der Waals surface area contributed by atoms with Gasteiger partial charge in [-0.15, -0.1) is 11.3 Å². The molecule has 0 aromatic carbocycles. The standard InChI is InChI=1S/C11H9NO3S/c1-15-10-3-2-7(5-12-10)9-4-8(6-16-9)11(13)14/h2-6H,1H3,(H,13,14). The number of carboxylic acids is 1. The van der Waals surface area contributed by atoms with Gasteiger partial charge in [0.15, 0.2) is 0 Å². The van der Waals surface area contributed by atoms with Crippen LogP contribution < -0.4 is 4.74 Å². The molecular formula is C11H9NO3S. The Bertz CT molecular complexity index is 504. The average molecular weight is 235 g/mol. The number of thiophene rings is 1. The van der Waals surface area contributed by atoms with Gasteiger partial charge in [-0.2, -0.15) is 0 Å². The van der Waals surface area contributed by atoms with E-state index in [0.717, 1.165) is 10.4 Å². The Morgan fingerprint density at radius 2 is 2.31 bits per heavy atom. The molecular weight excluding hydrogens is 226 g/mol. The number of aromatic nitrogens is 1. The number of ether oxygens (including phenoxy) is 1. The second-order valence-electron chi connectivity index (χ2n) is 3.09. The van der Waals surface area contributed by atoms with Crippen molar-refractivity contribution < 1.29 is 14.6 Å². The molecule has 2 aromatic rings. The highest BCUT2D eigenvalue weighted by molar-refractivity contribution is 7.13. The highest BCUT2D eigenvalue weighted by atomic mass is 32.1. The molecule has 0 saturated heterocycles. The Morgan fingerprint density at radius 1 is 1.50 bits per heavy atom. The summed E-state index contributed by atoms with van der Waals surface area (Å²) in [6.45, 7) is 0. The first kappa shape index (κ1) is 10.6. The molecule has 5 heteroatoms. The fourth-order valence-electron chi connectivity index (χ4n) is 1.25. The summed E-state index contributed by atoms with van der Waals surface area (Å²) in [4.78, 5) is 15.7. The number of hydrogen-bond acceptors (Lipinski definition) is 4. The van der Waals surface area contributed by atoms with Crippen LogP contribution in [0.25, 0.3) is 10.4 Å². The highest BCUT2D eigenvalue weighted by Crippen LogP contribution is 2.27. The first-order valence-electron chi connectivity index (χ1n) is 4.53. The van der Waals surface area contributed by atoms with Crippen molar-refractivity contribution in [3.05, 3.63) is 35.3 Å². The maximum absolute atomic E-state index is 10.7. The first-order chi connectivity index (χ1) is 7.70. The molecule has 1 N–H and O–H groups in total. The molecule has 82 valence electrons. The van der Waals surface area contributed by atoms with E-state index in [0.29, 0.717) is 11.4 Å². The minimum absolute atomic E-state index is 0.302. The van der Waals surface area contributed by atoms with E-state index in [9.17, 15) is 4.79 Å². The van der Waals surface area contributed by atoms with Crippen LogP contribution >= 0.6 is 11.3 Å². The number of nitrogens with zero attached hydrogens (tertiary/aromatic N) is 1. The summed E-state index contributed by atoms with van der Waals surface area (Å²) >= 11 is 1.38. The van der Waals surface area contributed by atoms with Crippen LogP contribution in [0.3, 0.4) is 0 Å². The maximum atomic E-state index is 10.7. The molecule has 0 bridgehead atoms. The van der Waals surface area contributed by atoms with E-state index >= 15 is 0 Å². The third kappa shape index (κ3) is 2.04. The topological polar surface area (TPSA) is 59.4 Å². The molecule has 4 nitrogen and oxygen atoms in total. The van der Waals surface area contributed by atoms with Gasteiger partial charge in [0.25, 0.3) is 0 Å². The second-order valence-corrected chi connectivity index (χ2v) is 4.01. The van der Waals surface area contributed by atoms with Crippen LogP contribution in [0, 0.1) is 0 Å². The zero-order valence-electron chi connectivity index (χ0n) is 8.51. The Morgan fingerprint density at radius 3 is 2.81 bits per heavy atom. The van der Waals surface area contributed by atoms with Crippen molar-refractivity contribution in [2.75, 3.05) is 7.11 Å². The molecule has 0 aliphatic rings. The lowest BCUT2D eigenvalue weighted by Gasteiger charge is -1.99. The van der Waals surface area contributed by atoms with Crippen LogP contribution in [0.2, 0.25) is 0 Å². The first-order valence-corrected chi connectivity index (χ1v) is 5.41. The molecule has 0 atom stereocenters. The summed E-state index contributed by atoms with van der Waals surface area (Å²) in [5.74, 6) is -0.372. The second kappa shape index (κ2) is 4.32. The van der Waals surface area contributed by atoms with Gasteiger partial charge in [-0.25, -0.2) is 9.78 Å². The smallest absolute Gasteiger partial charge is 0.336 e. The minimum atomic E-state index is -0.913. The molecule has 16 heavy (non-hydrogen) atoms. The van der Waals surface area contributed by atoms with Crippen LogP contribution in [-0.2, 0) is 0 Å². The van der Waals surface area contributed by atoms with Gasteiger partial charge in [0.05, 0.1) is 12.7 Å². The van der Waals surface area contributed by atoms with E-state index in [2.05, 4.69) is 4.98 Å². The zero-order chi connectivity index (χ0) is 11.5. The number of pyridine rings is 1. The molecule has 0 radical (unpaired) electrons. The molecule has 0 saturated carbocycles. The normalized spacial score (nSPS) is 10.1. The summed E-state index contributed by atoms with van der Waals surface area (Å²) in [7, 11) is 1.55. The molecule has 0 aliphatic carbocycles. The summed E-state index contributed by atoms with van der Waals surface area (Å²) in [6, 6.07) is 5.23. The quantitative estimate of drug-likeness (QED) is 0.888. The van der Waals surface area contributed by atoms with E-state index in [1.54, 1.807) is 30.8 Å². The number of rotatable bonds is 3. The van der Waals surface area contributed by atoms with Gasteiger partial charge in [-0.3, -0.25) is 0 Å². The van der Waals surface area contributed by atoms with Crippen LogP contribution in [0.1, 0.15) is 10.4 Å². The van der Waals surface area contributed by atoms with Crippen molar-refractivity contribution >= 4 is 17.3 Å². The van der Waals surface area contributed by atoms with E-state index in [1.807, 2.05) is 6.07 Å². The van der Waals surface area contributed by atoms with Crippen LogP contribution in [0.4, 0.5) is 0 Å². The summed E-state index contributed by atoms with van der Waals surface area (Å²) < 4.78 is 4.95. The third-order valence-corrected chi connectivity index (χ3v) is 3.06. The van der Waals surface area contributed by atoms with Crippen molar-refractivity contribution in [3.63, 3.8) is 0 Å². The Balaban J connectivity index is 2.31. The van der Waals surface area contributed by atoms with E-state index in [-0.39, 0.29) is 0 Å². The average Bonchev–Trinajstić information content (AvgIpc) is 2.78. The fraction of sp³-hybridized carbons (Fsp3) is 0.0909. The SMILES string of the molecule is COc1ccc(-c2cc(C(=O)O)cs2)cn1. The predicted molar refractivity (Wildman–Crippen MR) is 61.1 cm³/mol. The number of hydrogen-bond donors (Lipinski definition) is 1. The Labute approximate surface area is 96.1 Å². The largest absolute Gasteiger partial charge is 0.481 e. The molecule has 0 fully saturated rings. The van der Waals surface area contributed by atoms with Gasteiger partial charge in [-0.05, 0) is 12.1 Å². The van der Waals surface area contributed by atoms with E-state index in [1.165, 1.54) is 11.3 Å². The summed E-state index contributed by atoms with van der Waals surface area (Å²) in [6.07, 6.45) is 1.66. The molecule has 0 amide bonds. The fourth-order valence-corrected chi connectivity index (χ4v) is 2.12. The molecule has 0 unspecified atom stereocenters. The molecule has 0 spiro atoms. The van der Waals surface area contributed by atoms with Crippen molar-refractivity contribution in [1.29, 1.82) is 0 Å². The van der Waals surface area contributed by atoms with E-state index < -0.39 is 5.97 Å². The number of aromatic carboxylic acids is 1. The summed E-state index contributed by atoms with van der Waals surface area (Å²) in [5.41, 5.74) is 1.19. The Kier molecular flexibility index (Phi) is 2.87. The zero-order valence-corrected chi connectivity index (χ0v) is 9.32. The van der Waals surface area contributed by atoms with Gasteiger partial charge in [0.2, 0.25) is 5.88 Å². The molecule has 2 heterocycles. The van der Waals surface area contributed by atoms with Crippen LogP contribution in [0.5, 0.6) is 5.88 Å². The van der Waals surface area contributed by atoms with Gasteiger partial charge < -0.3 is 9.84 Å². The van der Waals surface area contributed by atoms with Crippen molar-refractivity contribution in [1.82, 2.24) is 4.98 Å². The monoisotopic (exact) mass is 235 g/mol. The van der Waals surface area contributed by atoms with Crippen molar-refractivity contribution in [2.24, 2.45) is 0 Å².